The molecule has 1 aromatic carbocycles. The number of hydrogen-bond donors (Lipinski definition) is 3. The molecule has 0 aliphatic heterocycles. The molecule has 17 heavy (non-hydrogen) atoms. The van der Waals surface area contributed by atoms with Crippen LogP contribution in [0.15, 0.2) is 28.7 Å². The molecule has 6 heteroatoms. The molecule has 1 rings (SSSR count). The number of carbonyl (C=O) groups excluding carboxylic acids is 1. The minimum atomic E-state index is -0.964. The molecule has 0 aromatic heterocycles. The summed E-state index contributed by atoms with van der Waals surface area (Å²) in [4.78, 5) is 22.0. The number of carboxylic acid groups (broad SMARTS) is 1. The van der Waals surface area contributed by atoms with Gasteiger partial charge in [-0.3, -0.25) is 9.59 Å². The Kier molecular flexibility index (Phi) is 5.11. The summed E-state index contributed by atoms with van der Waals surface area (Å²) in [5, 5.41) is 11.1. The van der Waals surface area contributed by atoms with E-state index in [-0.39, 0.29) is 12.8 Å². The van der Waals surface area contributed by atoms with Crippen molar-refractivity contribution >= 4 is 33.5 Å². The molecule has 1 amide bonds. The topological polar surface area (TPSA) is 92.4 Å². The van der Waals surface area contributed by atoms with Crippen molar-refractivity contribution in [1.82, 2.24) is 0 Å². The third kappa shape index (κ3) is 4.54. The van der Waals surface area contributed by atoms with Crippen LogP contribution >= 0.6 is 15.9 Å². The van der Waals surface area contributed by atoms with Gasteiger partial charge in [0.2, 0.25) is 5.91 Å². The lowest BCUT2D eigenvalue weighted by Gasteiger charge is -2.12. The van der Waals surface area contributed by atoms with E-state index in [0.29, 0.717) is 5.69 Å². The second kappa shape index (κ2) is 6.36. The summed E-state index contributed by atoms with van der Waals surface area (Å²) in [6, 6.07) is 6.30. The maximum absolute atomic E-state index is 11.6. The number of nitrogens with two attached hydrogens (primary N) is 1. The molecule has 0 fully saturated rings. The van der Waals surface area contributed by atoms with E-state index >= 15 is 0 Å². The number of anilines is 1. The zero-order valence-electron chi connectivity index (χ0n) is 9.02. The fraction of sp³-hybridized carbons (Fsp3) is 0.273. The predicted molar refractivity (Wildman–Crippen MR) is 67.6 cm³/mol. The van der Waals surface area contributed by atoms with Gasteiger partial charge in [-0.25, -0.2) is 0 Å². The van der Waals surface area contributed by atoms with Crippen LogP contribution in [-0.4, -0.2) is 23.0 Å². The molecule has 1 unspecified atom stereocenters. The van der Waals surface area contributed by atoms with E-state index in [1.807, 2.05) is 6.07 Å². The summed E-state index contributed by atoms with van der Waals surface area (Å²) in [5.74, 6) is -1.35. The van der Waals surface area contributed by atoms with Crippen LogP contribution < -0.4 is 11.1 Å². The van der Waals surface area contributed by atoms with E-state index in [4.69, 9.17) is 10.8 Å². The fourth-order valence-electron chi connectivity index (χ4n) is 1.20. The van der Waals surface area contributed by atoms with E-state index < -0.39 is 17.9 Å². The second-order valence-electron chi connectivity index (χ2n) is 3.51. The largest absolute Gasteiger partial charge is 0.481 e. The van der Waals surface area contributed by atoms with Crippen LogP contribution in [0.1, 0.15) is 12.8 Å². The number of aliphatic carboxylic acids is 1. The summed E-state index contributed by atoms with van der Waals surface area (Å²) in [6.07, 6.45) is -0.00380. The maximum atomic E-state index is 11.6. The van der Waals surface area contributed by atoms with Crippen LogP contribution in [-0.2, 0) is 9.59 Å². The highest BCUT2D eigenvalue weighted by Crippen LogP contribution is 2.21. The molecule has 0 saturated heterocycles. The Labute approximate surface area is 107 Å². The molecule has 0 heterocycles. The molecule has 0 aliphatic rings. The van der Waals surface area contributed by atoms with Crippen molar-refractivity contribution in [3.63, 3.8) is 0 Å². The van der Waals surface area contributed by atoms with E-state index in [1.165, 1.54) is 0 Å². The van der Waals surface area contributed by atoms with Crippen molar-refractivity contribution in [2.75, 3.05) is 5.32 Å². The standard InChI is InChI=1S/C11H13BrN2O3/c12-7-3-1-2-4-9(7)14-11(17)8(13)5-6-10(15)16/h1-4,8H,5-6,13H2,(H,14,17)(H,15,16). The smallest absolute Gasteiger partial charge is 0.303 e. The Morgan fingerprint density at radius 2 is 2.06 bits per heavy atom. The van der Waals surface area contributed by atoms with Gasteiger partial charge in [-0.15, -0.1) is 0 Å². The van der Waals surface area contributed by atoms with Crippen molar-refractivity contribution in [3.05, 3.63) is 28.7 Å². The van der Waals surface area contributed by atoms with Gasteiger partial charge in [-0.2, -0.15) is 0 Å². The van der Waals surface area contributed by atoms with Gasteiger partial charge in [0.1, 0.15) is 0 Å². The predicted octanol–water partition coefficient (Wildman–Crippen LogP) is 1.58. The van der Waals surface area contributed by atoms with Gasteiger partial charge in [0.15, 0.2) is 0 Å². The first kappa shape index (κ1) is 13.7. The number of hydrogen-bond acceptors (Lipinski definition) is 3. The number of halogens is 1. The number of para-hydroxylation sites is 1. The van der Waals surface area contributed by atoms with Gasteiger partial charge in [0, 0.05) is 10.9 Å². The van der Waals surface area contributed by atoms with Crippen LogP contribution in [0.5, 0.6) is 0 Å². The molecule has 0 radical (unpaired) electrons. The van der Waals surface area contributed by atoms with Crippen LogP contribution in [0.25, 0.3) is 0 Å². The lowest BCUT2D eigenvalue weighted by molar-refractivity contribution is -0.137. The number of carboxylic acids is 1. The third-order valence-electron chi connectivity index (χ3n) is 2.14. The summed E-state index contributed by atoms with van der Waals surface area (Å²) >= 11 is 3.29. The molecule has 92 valence electrons. The molecule has 0 spiro atoms. The first-order valence-corrected chi connectivity index (χ1v) is 5.82. The molecule has 4 N–H and O–H groups in total. The van der Waals surface area contributed by atoms with Crippen LogP contribution in [0, 0.1) is 0 Å². The number of nitrogens with one attached hydrogen (secondary N) is 1. The summed E-state index contributed by atoms with van der Waals surface area (Å²) in [5.41, 5.74) is 6.19. The Morgan fingerprint density at radius 1 is 1.41 bits per heavy atom. The highest BCUT2D eigenvalue weighted by molar-refractivity contribution is 9.10. The Balaban J connectivity index is 2.54. The Hall–Kier alpha value is -1.40. The van der Waals surface area contributed by atoms with Gasteiger partial charge in [-0.05, 0) is 34.5 Å². The van der Waals surface area contributed by atoms with Gasteiger partial charge >= 0.3 is 5.97 Å². The number of benzene rings is 1. The zero-order chi connectivity index (χ0) is 12.8. The highest BCUT2D eigenvalue weighted by atomic mass is 79.9. The van der Waals surface area contributed by atoms with Crippen molar-refractivity contribution < 1.29 is 14.7 Å². The fourth-order valence-corrected chi connectivity index (χ4v) is 1.58. The van der Waals surface area contributed by atoms with Gasteiger partial charge in [-0.1, -0.05) is 12.1 Å². The Morgan fingerprint density at radius 3 is 2.65 bits per heavy atom. The zero-order valence-corrected chi connectivity index (χ0v) is 10.6. The normalized spacial score (nSPS) is 11.9. The van der Waals surface area contributed by atoms with Crippen molar-refractivity contribution in [1.29, 1.82) is 0 Å². The highest BCUT2D eigenvalue weighted by Gasteiger charge is 2.15. The van der Waals surface area contributed by atoms with Crippen molar-refractivity contribution in [2.24, 2.45) is 5.73 Å². The molecule has 5 nitrogen and oxygen atoms in total. The monoisotopic (exact) mass is 300 g/mol. The van der Waals surface area contributed by atoms with Crippen LogP contribution in [0.4, 0.5) is 5.69 Å². The second-order valence-corrected chi connectivity index (χ2v) is 4.36. The third-order valence-corrected chi connectivity index (χ3v) is 2.83. The minimum Gasteiger partial charge on any atom is -0.481 e. The van der Waals surface area contributed by atoms with E-state index in [0.717, 1.165) is 4.47 Å². The minimum absolute atomic E-state index is 0.117. The molecule has 0 bridgehead atoms. The van der Waals surface area contributed by atoms with E-state index in [1.54, 1.807) is 18.2 Å². The number of rotatable bonds is 5. The van der Waals surface area contributed by atoms with Crippen LogP contribution in [0.3, 0.4) is 0 Å². The summed E-state index contributed by atoms with van der Waals surface area (Å²) in [6.45, 7) is 0. The lowest BCUT2D eigenvalue weighted by atomic mass is 10.1. The molecule has 1 atom stereocenters. The molecular weight excluding hydrogens is 288 g/mol. The maximum Gasteiger partial charge on any atom is 0.303 e. The Bertz CT molecular complexity index is 423. The molecule has 0 saturated carbocycles. The average Bonchev–Trinajstić information content (AvgIpc) is 2.28. The average molecular weight is 301 g/mol. The van der Waals surface area contributed by atoms with Gasteiger partial charge < -0.3 is 16.2 Å². The first-order chi connectivity index (χ1) is 8.00. The van der Waals surface area contributed by atoms with E-state index in [9.17, 15) is 9.59 Å². The SMILES string of the molecule is NC(CCC(=O)O)C(=O)Nc1ccccc1Br. The van der Waals surface area contributed by atoms with Gasteiger partial charge in [0.25, 0.3) is 0 Å². The molecule has 1 aromatic rings. The first-order valence-electron chi connectivity index (χ1n) is 5.03. The van der Waals surface area contributed by atoms with E-state index in [2.05, 4.69) is 21.2 Å². The quantitative estimate of drug-likeness (QED) is 0.770. The summed E-state index contributed by atoms with van der Waals surface area (Å²) < 4.78 is 0.749. The molecular formula is C11H13BrN2O3. The summed E-state index contributed by atoms with van der Waals surface area (Å²) in [7, 11) is 0. The van der Waals surface area contributed by atoms with Crippen LogP contribution in [0.2, 0.25) is 0 Å². The number of carbonyl (C=O) groups is 2. The van der Waals surface area contributed by atoms with Crippen molar-refractivity contribution in [3.8, 4) is 0 Å². The van der Waals surface area contributed by atoms with Crippen molar-refractivity contribution in [2.45, 2.75) is 18.9 Å². The number of amides is 1. The molecule has 0 aliphatic carbocycles. The van der Waals surface area contributed by atoms with Gasteiger partial charge in [0.05, 0.1) is 11.7 Å². The lowest BCUT2D eigenvalue weighted by Crippen LogP contribution is -2.36.